The lowest BCUT2D eigenvalue weighted by molar-refractivity contribution is -0.122. The fourth-order valence-corrected chi connectivity index (χ4v) is 3.96. The maximum absolute atomic E-state index is 12.8. The van der Waals surface area contributed by atoms with Gasteiger partial charge >= 0.3 is 0 Å². The molecule has 0 bridgehead atoms. The van der Waals surface area contributed by atoms with Crippen LogP contribution in [0.15, 0.2) is 83.6 Å². The van der Waals surface area contributed by atoms with Crippen molar-refractivity contribution in [2.75, 3.05) is 0 Å². The number of nitrogens with one attached hydrogen (secondary N) is 1. The number of aromatic nitrogens is 1. The van der Waals surface area contributed by atoms with E-state index in [2.05, 4.69) is 26.2 Å². The minimum Gasteiger partial charge on any atom is -0.391 e. The molecule has 32 heavy (non-hydrogen) atoms. The molecule has 0 aliphatic rings. The molecule has 0 aliphatic heterocycles. The molecule has 7 heteroatoms. The van der Waals surface area contributed by atoms with E-state index < -0.39 is 24.0 Å². The van der Waals surface area contributed by atoms with Gasteiger partial charge in [0.1, 0.15) is 0 Å². The van der Waals surface area contributed by atoms with Crippen molar-refractivity contribution in [3.05, 3.63) is 100 Å². The Morgan fingerprint density at radius 2 is 1.56 bits per heavy atom. The minimum absolute atomic E-state index is 0.138. The van der Waals surface area contributed by atoms with Gasteiger partial charge in [-0.25, -0.2) is 0 Å². The first-order chi connectivity index (χ1) is 15.4. The number of benzene rings is 2. The first-order valence-electron chi connectivity index (χ1n) is 10.4. The number of carbonyl (C=O) groups excluding carboxylic acids is 2. The van der Waals surface area contributed by atoms with Crippen molar-refractivity contribution in [1.29, 1.82) is 0 Å². The van der Waals surface area contributed by atoms with E-state index in [1.807, 2.05) is 60.7 Å². The van der Waals surface area contributed by atoms with Gasteiger partial charge in [0, 0.05) is 22.8 Å². The molecule has 0 aliphatic carbocycles. The van der Waals surface area contributed by atoms with Crippen LogP contribution in [-0.4, -0.2) is 34.1 Å². The molecular weight excluding hydrogens is 470 g/mol. The number of hydrogen-bond donors (Lipinski definition) is 3. The predicted molar refractivity (Wildman–Crippen MR) is 127 cm³/mol. The van der Waals surface area contributed by atoms with Crippen LogP contribution in [0, 0.1) is 5.92 Å². The van der Waals surface area contributed by atoms with Crippen molar-refractivity contribution in [1.82, 2.24) is 10.3 Å². The molecule has 2 aromatic carbocycles. The average molecular weight is 496 g/mol. The lowest BCUT2D eigenvalue weighted by atomic mass is 9.89. The van der Waals surface area contributed by atoms with Crippen molar-refractivity contribution < 1.29 is 14.7 Å². The van der Waals surface area contributed by atoms with E-state index in [0.717, 1.165) is 11.1 Å². The fraction of sp³-hybridized carbons (Fsp3) is 0.240. The topological polar surface area (TPSA) is 105 Å². The maximum Gasteiger partial charge on any atom is 0.253 e. The highest BCUT2D eigenvalue weighted by atomic mass is 79.9. The fourth-order valence-electron chi connectivity index (χ4n) is 3.59. The molecule has 0 unspecified atom stereocenters. The summed E-state index contributed by atoms with van der Waals surface area (Å²) in [6, 6.07) is 20.2. The molecule has 3 aromatic rings. The summed E-state index contributed by atoms with van der Waals surface area (Å²) in [7, 11) is 0. The molecule has 0 spiro atoms. The number of aliphatic hydroxyl groups excluding tert-OH is 1. The number of hydrogen-bond acceptors (Lipinski definition) is 4. The summed E-state index contributed by atoms with van der Waals surface area (Å²) in [5.74, 6) is -1.39. The third-order valence-corrected chi connectivity index (χ3v) is 5.73. The van der Waals surface area contributed by atoms with Crippen LogP contribution in [0.3, 0.4) is 0 Å². The molecule has 2 amide bonds. The van der Waals surface area contributed by atoms with Gasteiger partial charge in [-0.2, -0.15) is 0 Å². The van der Waals surface area contributed by atoms with E-state index in [4.69, 9.17) is 5.73 Å². The predicted octanol–water partition coefficient (Wildman–Crippen LogP) is 3.28. The summed E-state index contributed by atoms with van der Waals surface area (Å²) in [4.78, 5) is 29.0. The summed E-state index contributed by atoms with van der Waals surface area (Å²) in [5.41, 5.74) is 7.95. The number of nitrogens with two attached hydrogens (primary N) is 1. The number of rotatable bonds is 10. The first-order valence-corrected chi connectivity index (χ1v) is 11.2. The Bertz CT molecular complexity index is 1030. The Morgan fingerprint density at radius 3 is 2.12 bits per heavy atom. The molecule has 4 N–H and O–H groups in total. The maximum atomic E-state index is 12.8. The first kappa shape index (κ1) is 23.6. The van der Waals surface area contributed by atoms with E-state index in [-0.39, 0.29) is 12.3 Å². The Labute approximate surface area is 196 Å². The second-order valence-corrected chi connectivity index (χ2v) is 8.67. The zero-order valence-corrected chi connectivity index (χ0v) is 19.1. The Kier molecular flexibility index (Phi) is 8.53. The zero-order valence-electron chi connectivity index (χ0n) is 17.5. The van der Waals surface area contributed by atoms with Crippen LogP contribution in [0.4, 0.5) is 0 Å². The van der Waals surface area contributed by atoms with E-state index >= 15 is 0 Å². The smallest absolute Gasteiger partial charge is 0.253 e. The van der Waals surface area contributed by atoms with Crippen LogP contribution < -0.4 is 11.1 Å². The summed E-state index contributed by atoms with van der Waals surface area (Å²) in [5, 5.41) is 14.0. The lowest BCUT2D eigenvalue weighted by Crippen LogP contribution is -2.46. The van der Waals surface area contributed by atoms with Crippen LogP contribution in [-0.2, 0) is 17.6 Å². The van der Waals surface area contributed by atoms with E-state index in [1.54, 1.807) is 12.3 Å². The van der Waals surface area contributed by atoms with Crippen LogP contribution in [0.25, 0.3) is 0 Å². The zero-order chi connectivity index (χ0) is 22.9. The Hall–Kier alpha value is -3.03. The third-order valence-electron chi connectivity index (χ3n) is 5.30. The molecule has 1 heterocycles. The molecule has 3 atom stereocenters. The quantitative estimate of drug-likeness (QED) is 0.401. The SMILES string of the molecule is NC(=O)[C@H](Cc1ccccc1)C[C@H](O)[C@H](Cc1ccccc1)NC(=O)c1cncc(Br)c1. The van der Waals surface area contributed by atoms with Crippen molar-refractivity contribution in [3.8, 4) is 0 Å². The van der Waals surface area contributed by atoms with E-state index in [1.165, 1.54) is 6.20 Å². The van der Waals surface area contributed by atoms with Crippen LogP contribution in [0.2, 0.25) is 0 Å². The van der Waals surface area contributed by atoms with Crippen molar-refractivity contribution in [3.63, 3.8) is 0 Å². The normalized spacial score (nSPS) is 13.7. The van der Waals surface area contributed by atoms with E-state index in [9.17, 15) is 14.7 Å². The van der Waals surface area contributed by atoms with Gasteiger partial charge in [0.15, 0.2) is 0 Å². The van der Waals surface area contributed by atoms with Gasteiger partial charge in [-0.3, -0.25) is 14.6 Å². The van der Waals surface area contributed by atoms with Crippen molar-refractivity contribution >= 4 is 27.7 Å². The second kappa shape index (κ2) is 11.5. The summed E-state index contributed by atoms with van der Waals surface area (Å²) in [6.45, 7) is 0. The number of halogens is 1. The third kappa shape index (κ3) is 7.00. The van der Waals surface area contributed by atoms with Crippen LogP contribution in [0.5, 0.6) is 0 Å². The Morgan fingerprint density at radius 1 is 0.969 bits per heavy atom. The highest BCUT2D eigenvalue weighted by Gasteiger charge is 2.28. The monoisotopic (exact) mass is 495 g/mol. The molecule has 0 saturated heterocycles. The van der Waals surface area contributed by atoms with Gasteiger partial charge in [-0.1, -0.05) is 60.7 Å². The number of primary amides is 1. The number of carbonyl (C=O) groups is 2. The molecule has 3 rings (SSSR count). The number of pyridine rings is 1. The molecular formula is C25H26BrN3O3. The molecule has 166 valence electrons. The highest BCUT2D eigenvalue weighted by molar-refractivity contribution is 9.10. The Balaban J connectivity index is 1.77. The molecule has 0 fully saturated rings. The number of aliphatic hydroxyl groups is 1. The van der Waals surface area contributed by atoms with Crippen molar-refractivity contribution in [2.24, 2.45) is 11.7 Å². The van der Waals surface area contributed by atoms with Gasteiger partial charge < -0.3 is 16.2 Å². The summed E-state index contributed by atoms with van der Waals surface area (Å²) in [6.07, 6.45) is 3.06. The summed E-state index contributed by atoms with van der Waals surface area (Å²) < 4.78 is 0.682. The van der Waals surface area contributed by atoms with Gasteiger partial charge in [-0.05, 0) is 52.4 Å². The van der Waals surface area contributed by atoms with Gasteiger partial charge in [0.2, 0.25) is 5.91 Å². The minimum atomic E-state index is -0.972. The van der Waals surface area contributed by atoms with Crippen LogP contribution >= 0.6 is 15.9 Å². The standard InChI is InChI=1S/C25H26BrN3O3/c26-21-13-20(15-28-16-21)25(32)29-22(12-18-9-5-2-6-10-18)23(30)14-19(24(27)31)11-17-7-3-1-4-8-17/h1-10,13,15-16,19,22-23,30H,11-12,14H2,(H2,27,31)(H,29,32)/t19-,22+,23+/m1/s1. The second-order valence-electron chi connectivity index (χ2n) is 7.75. The van der Waals surface area contributed by atoms with Gasteiger partial charge in [0.05, 0.1) is 17.7 Å². The molecule has 6 nitrogen and oxygen atoms in total. The largest absolute Gasteiger partial charge is 0.391 e. The highest BCUT2D eigenvalue weighted by Crippen LogP contribution is 2.19. The van der Waals surface area contributed by atoms with Crippen molar-refractivity contribution in [2.45, 2.75) is 31.4 Å². The lowest BCUT2D eigenvalue weighted by Gasteiger charge is -2.27. The molecule has 0 saturated carbocycles. The van der Waals surface area contributed by atoms with Gasteiger partial charge in [-0.15, -0.1) is 0 Å². The molecule has 0 radical (unpaired) electrons. The van der Waals surface area contributed by atoms with Crippen LogP contribution in [0.1, 0.15) is 27.9 Å². The van der Waals surface area contributed by atoms with E-state index in [0.29, 0.717) is 22.9 Å². The molecule has 1 aromatic heterocycles. The average Bonchev–Trinajstić information content (AvgIpc) is 2.79. The number of nitrogens with zero attached hydrogens (tertiary/aromatic N) is 1. The number of amides is 2. The summed E-state index contributed by atoms with van der Waals surface area (Å²) >= 11 is 3.32. The van der Waals surface area contributed by atoms with Gasteiger partial charge in [0.25, 0.3) is 5.91 Å².